The van der Waals surface area contributed by atoms with Gasteiger partial charge in [0.05, 0.1) is 5.00 Å². The van der Waals surface area contributed by atoms with Crippen molar-refractivity contribution in [1.82, 2.24) is 15.3 Å². The van der Waals surface area contributed by atoms with E-state index < -0.39 is 0 Å². The lowest BCUT2D eigenvalue weighted by Gasteiger charge is -2.04. The molecule has 0 radical (unpaired) electrons. The maximum absolute atomic E-state index is 4.44. The lowest BCUT2D eigenvalue weighted by atomic mass is 10.4. The quantitative estimate of drug-likeness (QED) is 0.891. The van der Waals surface area contributed by atoms with E-state index in [9.17, 15) is 0 Å². The first-order valence-electron chi connectivity index (χ1n) is 5.25. The number of hydrogen-bond donors (Lipinski definition) is 2. The highest BCUT2D eigenvalue weighted by atomic mass is 79.9. The fourth-order valence-corrected chi connectivity index (χ4v) is 2.66. The molecule has 0 aromatic carbocycles. The molecule has 0 spiro atoms. The maximum Gasteiger partial charge on any atom is 0.134 e. The summed E-state index contributed by atoms with van der Waals surface area (Å²) in [6.07, 6.45) is 2.61. The lowest BCUT2D eigenvalue weighted by Crippen LogP contribution is -2.12. The van der Waals surface area contributed by atoms with E-state index in [1.54, 1.807) is 17.5 Å². The molecule has 6 heteroatoms. The van der Waals surface area contributed by atoms with Crippen LogP contribution in [0.4, 0.5) is 10.8 Å². The van der Waals surface area contributed by atoms with Gasteiger partial charge in [-0.05, 0) is 35.1 Å². The fourth-order valence-electron chi connectivity index (χ4n) is 1.33. The summed E-state index contributed by atoms with van der Waals surface area (Å²) in [6, 6.07) is 3.90. The van der Waals surface area contributed by atoms with Crippen LogP contribution >= 0.6 is 27.3 Å². The van der Waals surface area contributed by atoms with E-state index in [0.29, 0.717) is 0 Å². The number of hydrogen-bond acceptors (Lipinski definition) is 5. The number of nitrogens with one attached hydrogen (secondary N) is 2. The smallest absolute Gasteiger partial charge is 0.134 e. The van der Waals surface area contributed by atoms with Crippen LogP contribution in [0.1, 0.15) is 5.82 Å². The van der Waals surface area contributed by atoms with Gasteiger partial charge in [-0.25, -0.2) is 9.97 Å². The molecule has 0 bridgehead atoms. The third-order valence-corrected chi connectivity index (χ3v) is 3.73. The molecule has 17 heavy (non-hydrogen) atoms. The topological polar surface area (TPSA) is 49.8 Å². The second kappa shape index (κ2) is 6.09. The molecule has 0 atom stereocenters. The Hall–Kier alpha value is -0.980. The molecule has 4 nitrogen and oxygen atoms in total. The van der Waals surface area contributed by atoms with Crippen LogP contribution in [0, 0.1) is 0 Å². The molecule has 0 unspecified atom stereocenters. The van der Waals surface area contributed by atoms with E-state index in [1.807, 2.05) is 24.6 Å². The molecule has 2 heterocycles. The average molecular weight is 313 g/mol. The largest absolute Gasteiger partial charge is 0.332 e. The molecule has 2 aromatic rings. The molecule has 0 aliphatic carbocycles. The van der Waals surface area contributed by atoms with E-state index in [2.05, 4.69) is 36.5 Å². The van der Waals surface area contributed by atoms with Crippen molar-refractivity contribution in [2.45, 2.75) is 6.42 Å². The van der Waals surface area contributed by atoms with Gasteiger partial charge >= 0.3 is 0 Å². The minimum Gasteiger partial charge on any atom is -0.332 e. The zero-order valence-corrected chi connectivity index (χ0v) is 11.8. The fraction of sp³-hybridized carbons (Fsp3) is 0.273. The molecule has 0 fully saturated rings. The first-order chi connectivity index (χ1) is 8.28. The van der Waals surface area contributed by atoms with E-state index >= 15 is 0 Å². The van der Waals surface area contributed by atoms with Crippen LogP contribution in [0.3, 0.4) is 0 Å². The third-order valence-electron chi connectivity index (χ3n) is 2.12. The zero-order chi connectivity index (χ0) is 12.1. The Kier molecular flexibility index (Phi) is 4.47. The SMILES string of the molecule is CNCCc1nccc(Nc2cc(Br)cs2)n1. The van der Waals surface area contributed by atoms with Gasteiger partial charge in [-0.15, -0.1) is 11.3 Å². The third kappa shape index (κ3) is 3.76. The van der Waals surface area contributed by atoms with Gasteiger partial charge in [0.25, 0.3) is 0 Å². The predicted molar refractivity (Wildman–Crippen MR) is 75.0 cm³/mol. The second-order valence-electron chi connectivity index (χ2n) is 3.47. The molecule has 0 aliphatic heterocycles. The van der Waals surface area contributed by atoms with Crippen LogP contribution in [0.15, 0.2) is 28.2 Å². The van der Waals surface area contributed by atoms with E-state index in [4.69, 9.17) is 0 Å². The normalized spacial score (nSPS) is 10.5. The maximum atomic E-state index is 4.44. The molecule has 0 aliphatic rings. The molecular weight excluding hydrogens is 300 g/mol. The van der Waals surface area contributed by atoms with Crippen LogP contribution in [0.25, 0.3) is 0 Å². The molecular formula is C11H13BrN4S. The summed E-state index contributed by atoms with van der Waals surface area (Å²) in [6.45, 7) is 0.883. The van der Waals surface area contributed by atoms with E-state index in [1.165, 1.54) is 0 Å². The first-order valence-corrected chi connectivity index (χ1v) is 6.93. The highest BCUT2D eigenvalue weighted by Gasteiger charge is 2.01. The van der Waals surface area contributed by atoms with Crippen molar-refractivity contribution in [3.05, 3.63) is 34.0 Å². The summed E-state index contributed by atoms with van der Waals surface area (Å²) >= 11 is 5.06. The van der Waals surface area contributed by atoms with Crippen LogP contribution in [0.5, 0.6) is 0 Å². The van der Waals surface area contributed by atoms with Crippen LogP contribution in [-0.4, -0.2) is 23.6 Å². The summed E-state index contributed by atoms with van der Waals surface area (Å²) in [5.74, 6) is 1.68. The monoisotopic (exact) mass is 312 g/mol. The summed E-state index contributed by atoms with van der Waals surface area (Å²) in [4.78, 5) is 8.67. The second-order valence-corrected chi connectivity index (χ2v) is 5.29. The van der Waals surface area contributed by atoms with Gasteiger partial charge in [-0.2, -0.15) is 0 Å². The summed E-state index contributed by atoms with van der Waals surface area (Å²) in [5, 5.41) is 9.44. The average Bonchev–Trinajstić information content (AvgIpc) is 2.73. The lowest BCUT2D eigenvalue weighted by molar-refractivity contribution is 0.756. The Labute approximate surface area is 113 Å². The highest BCUT2D eigenvalue weighted by molar-refractivity contribution is 9.10. The van der Waals surface area contributed by atoms with Crippen molar-refractivity contribution >= 4 is 38.1 Å². The number of likely N-dealkylation sites (N-methyl/N-ethyl adjacent to an activating group) is 1. The number of thiophene rings is 1. The number of halogens is 1. The molecule has 0 amide bonds. The van der Waals surface area contributed by atoms with E-state index in [-0.39, 0.29) is 0 Å². The minimum atomic E-state index is 0.833. The van der Waals surface area contributed by atoms with Gasteiger partial charge in [0, 0.05) is 29.0 Å². The van der Waals surface area contributed by atoms with Crippen LogP contribution in [0.2, 0.25) is 0 Å². The predicted octanol–water partition coefficient (Wildman–Crippen LogP) is 2.81. The molecule has 0 saturated heterocycles. The first kappa shape index (κ1) is 12.5. The van der Waals surface area contributed by atoms with Crippen LogP contribution < -0.4 is 10.6 Å². The zero-order valence-electron chi connectivity index (χ0n) is 9.40. The van der Waals surface area contributed by atoms with Crippen molar-refractivity contribution in [3.8, 4) is 0 Å². The molecule has 90 valence electrons. The van der Waals surface area contributed by atoms with Crippen molar-refractivity contribution < 1.29 is 0 Å². The Bertz CT molecular complexity index is 486. The number of aromatic nitrogens is 2. The van der Waals surface area contributed by atoms with Crippen molar-refractivity contribution in [1.29, 1.82) is 0 Å². The molecule has 0 saturated carbocycles. The Morgan fingerprint density at radius 3 is 3.06 bits per heavy atom. The van der Waals surface area contributed by atoms with Gasteiger partial charge < -0.3 is 10.6 Å². The molecule has 2 N–H and O–H groups in total. The Morgan fingerprint density at radius 2 is 2.35 bits per heavy atom. The van der Waals surface area contributed by atoms with Crippen molar-refractivity contribution in [2.75, 3.05) is 18.9 Å². The number of rotatable bonds is 5. The number of nitrogens with zero attached hydrogens (tertiary/aromatic N) is 2. The highest BCUT2D eigenvalue weighted by Crippen LogP contribution is 2.26. The van der Waals surface area contributed by atoms with Gasteiger partial charge in [-0.1, -0.05) is 0 Å². The van der Waals surface area contributed by atoms with Gasteiger partial charge in [0.1, 0.15) is 11.6 Å². The van der Waals surface area contributed by atoms with Crippen molar-refractivity contribution in [3.63, 3.8) is 0 Å². The van der Waals surface area contributed by atoms with E-state index in [0.717, 1.165) is 34.1 Å². The standard InChI is InChI=1S/C11H13BrN4S/c1-13-4-2-9-14-5-3-10(15-9)16-11-6-8(12)7-17-11/h3,5-7,13H,2,4H2,1H3,(H,14,15,16). The van der Waals surface area contributed by atoms with Gasteiger partial charge in [0.2, 0.25) is 0 Å². The molecule has 2 rings (SSSR count). The van der Waals surface area contributed by atoms with Crippen molar-refractivity contribution in [2.24, 2.45) is 0 Å². The summed E-state index contributed by atoms with van der Waals surface area (Å²) in [7, 11) is 1.92. The summed E-state index contributed by atoms with van der Waals surface area (Å²) in [5.41, 5.74) is 0. The van der Waals surface area contributed by atoms with Gasteiger partial charge in [0.15, 0.2) is 0 Å². The Morgan fingerprint density at radius 1 is 1.47 bits per heavy atom. The minimum absolute atomic E-state index is 0.833. The summed E-state index contributed by atoms with van der Waals surface area (Å²) < 4.78 is 1.08. The molecule has 2 aromatic heterocycles. The van der Waals surface area contributed by atoms with Gasteiger partial charge in [-0.3, -0.25) is 0 Å². The van der Waals surface area contributed by atoms with Crippen LogP contribution in [-0.2, 0) is 6.42 Å². The Balaban J connectivity index is 2.05. The number of anilines is 2.